The normalized spacial score (nSPS) is 20.3. The Hall–Kier alpha value is -2.12. The first-order chi connectivity index (χ1) is 11.9. The molecule has 0 spiro atoms. The lowest BCUT2D eigenvalue weighted by atomic mass is 9.96. The number of carbonyl (C=O) groups is 1. The second-order valence-electron chi connectivity index (χ2n) is 7.69. The summed E-state index contributed by atoms with van der Waals surface area (Å²) < 4.78 is 16.4. The molecule has 0 radical (unpaired) electrons. The van der Waals surface area contributed by atoms with Crippen LogP contribution >= 0.6 is 11.6 Å². The molecule has 3 rings (SSSR count). The predicted molar refractivity (Wildman–Crippen MR) is 99.9 cm³/mol. The van der Waals surface area contributed by atoms with Crippen molar-refractivity contribution in [3.63, 3.8) is 0 Å². The average Bonchev–Trinajstić information content (AvgIpc) is 2.53. The molecule has 8 heteroatoms. The summed E-state index contributed by atoms with van der Waals surface area (Å²) in [7, 11) is 0. The molecule has 0 saturated carbocycles. The maximum atomic E-state index is 14.8. The lowest BCUT2D eigenvalue weighted by Crippen LogP contribution is -2.63. The zero-order chi connectivity index (χ0) is 19.5. The van der Waals surface area contributed by atoms with Gasteiger partial charge in [-0.3, -0.25) is 4.79 Å². The molecule has 0 bridgehead atoms. The highest BCUT2D eigenvalue weighted by atomic mass is 35.5. The Morgan fingerprint density at radius 2 is 2.04 bits per heavy atom. The van der Waals surface area contributed by atoms with Crippen molar-refractivity contribution in [3.05, 3.63) is 38.9 Å². The molecule has 3 N–H and O–H groups in total. The number of pyridine rings is 1. The van der Waals surface area contributed by atoms with Gasteiger partial charge in [-0.05, 0) is 33.8 Å². The van der Waals surface area contributed by atoms with Crippen LogP contribution in [-0.2, 0) is 5.54 Å². The summed E-state index contributed by atoms with van der Waals surface area (Å²) in [5, 5.41) is 9.38. The third-order valence-electron chi connectivity index (χ3n) is 4.92. The van der Waals surface area contributed by atoms with Gasteiger partial charge in [0.2, 0.25) is 5.43 Å². The van der Waals surface area contributed by atoms with Gasteiger partial charge in [0.05, 0.1) is 21.6 Å². The monoisotopic (exact) mass is 381 g/mol. The molecule has 0 amide bonds. The summed E-state index contributed by atoms with van der Waals surface area (Å²) >= 11 is 6.55. The van der Waals surface area contributed by atoms with Crippen LogP contribution in [0.5, 0.6) is 0 Å². The SMILES string of the molecule is C[C@H]1[C@H](N)CN1c1c(F)cc2c(=O)c(C(=O)O)cn(C(C)(C)C)c2c1Cl. The molecule has 1 aliphatic rings. The smallest absolute Gasteiger partial charge is 0.341 e. The largest absolute Gasteiger partial charge is 0.477 e. The number of hydrogen-bond donors (Lipinski definition) is 2. The summed E-state index contributed by atoms with van der Waals surface area (Å²) in [6.45, 7) is 7.88. The second kappa shape index (κ2) is 5.96. The van der Waals surface area contributed by atoms with Crippen LogP contribution in [0.4, 0.5) is 10.1 Å². The van der Waals surface area contributed by atoms with E-state index < -0.39 is 28.3 Å². The highest BCUT2D eigenvalue weighted by molar-refractivity contribution is 6.38. The number of nitrogens with zero attached hydrogens (tertiary/aromatic N) is 2. The van der Waals surface area contributed by atoms with Crippen LogP contribution in [0, 0.1) is 5.82 Å². The number of anilines is 1. The average molecular weight is 382 g/mol. The van der Waals surface area contributed by atoms with Crippen LogP contribution in [0.1, 0.15) is 38.1 Å². The fraction of sp³-hybridized carbons (Fsp3) is 0.444. The van der Waals surface area contributed by atoms with Crippen molar-refractivity contribution in [1.29, 1.82) is 0 Å². The number of rotatable bonds is 2. The quantitative estimate of drug-likeness (QED) is 0.835. The van der Waals surface area contributed by atoms with Gasteiger partial charge in [0.15, 0.2) is 0 Å². The van der Waals surface area contributed by atoms with Crippen molar-refractivity contribution in [1.82, 2.24) is 4.57 Å². The summed E-state index contributed by atoms with van der Waals surface area (Å²) in [5.74, 6) is -2.03. The van der Waals surface area contributed by atoms with Gasteiger partial charge in [0.25, 0.3) is 0 Å². The van der Waals surface area contributed by atoms with E-state index in [-0.39, 0.29) is 28.2 Å². The summed E-state index contributed by atoms with van der Waals surface area (Å²) in [6, 6.07) is 0.900. The summed E-state index contributed by atoms with van der Waals surface area (Å²) in [5.41, 5.74) is 4.66. The van der Waals surface area contributed by atoms with E-state index in [1.54, 1.807) is 9.47 Å². The molecule has 1 fully saturated rings. The minimum Gasteiger partial charge on any atom is -0.477 e. The third-order valence-corrected chi connectivity index (χ3v) is 5.27. The summed E-state index contributed by atoms with van der Waals surface area (Å²) in [4.78, 5) is 25.8. The molecule has 1 aromatic heterocycles. The Morgan fingerprint density at radius 1 is 1.42 bits per heavy atom. The predicted octanol–water partition coefficient (Wildman–Crippen LogP) is 2.78. The van der Waals surface area contributed by atoms with Crippen molar-refractivity contribution in [2.45, 2.75) is 45.3 Å². The Labute approximate surface area is 155 Å². The van der Waals surface area contributed by atoms with E-state index >= 15 is 0 Å². The van der Waals surface area contributed by atoms with Gasteiger partial charge in [-0.15, -0.1) is 0 Å². The van der Waals surface area contributed by atoms with Gasteiger partial charge < -0.3 is 20.3 Å². The number of halogens is 2. The molecule has 0 aliphatic carbocycles. The number of carboxylic acid groups (broad SMARTS) is 1. The number of benzene rings is 1. The number of fused-ring (bicyclic) bond motifs is 1. The van der Waals surface area contributed by atoms with E-state index in [1.165, 1.54) is 6.20 Å². The lowest BCUT2D eigenvalue weighted by molar-refractivity contribution is 0.0694. The highest BCUT2D eigenvalue weighted by Crippen LogP contribution is 2.40. The number of aromatic carboxylic acids is 1. The molecule has 1 aromatic carbocycles. The molecular weight excluding hydrogens is 361 g/mol. The zero-order valence-electron chi connectivity index (χ0n) is 15.0. The molecule has 0 unspecified atom stereocenters. The molecule has 1 saturated heterocycles. The Balaban J connectivity index is 2.43. The van der Waals surface area contributed by atoms with E-state index in [0.29, 0.717) is 12.1 Å². The molecule has 140 valence electrons. The van der Waals surface area contributed by atoms with Crippen LogP contribution in [0.15, 0.2) is 17.1 Å². The van der Waals surface area contributed by atoms with Crippen molar-refractivity contribution < 1.29 is 14.3 Å². The van der Waals surface area contributed by atoms with Gasteiger partial charge in [-0.1, -0.05) is 11.6 Å². The first kappa shape index (κ1) is 18.7. The minimum atomic E-state index is -1.36. The summed E-state index contributed by atoms with van der Waals surface area (Å²) in [6.07, 6.45) is 1.27. The van der Waals surface area contributed by atoms with Crippen LogP contribution in [0.3, 0.4) is 0 Å². The van der Waals surface area contributed by atoms with Crippen molar-refractivity contribution in [2.75, 3.05) is 11.4 Å². The maximum absolute atomic E-state index is 14.8. The van der Waals surface area contributed by atoms with E-state index in [1.807, 2.05) is 27.7 Å². The molecule has 1 aliphatic heterocycles. The fourth-order valence-electron chi connectivity index (χ4n) is 3.28. The molecule has 6 nitrogen and oxygen atoms in total. The first-order valence-electron chi connectivity index (χ1n) is 8.28. The van der Waals surface area contributed by atoms with E-state index in [9.17, 15) is 19.1 Å². The number of carboxylic acids is 1. The first-order valence-corrected chi connectivity index (χ1v) is 8.66. The molecule has 26 heavy (non-hydrogen) atoms. The third kappa shape index (κ3) is 2.66. The zero-order valence-corrected chi connectivity index (χ0v) is 15.8. The van der Waals surface area contributed by atoms with Gasteiger partial charge in [0, 0.05) is 30.4 Å². The van der Waals surface area contributed by atoms with Gasteiger partial charge >= 0.3 is 5.97 Å². The van der Waals surface area contributed by atoms with Crippen molar-refractivity contribution in [2.24, 2.45) is 5.73 Å². The van der Waals surface area contributed by atoms with Crippen LogP contribution in [0.2, 0.25) is 5.02 Å². The topological polar surface area (TPSA) is 88.6 Å². The molecular formula is C18H21ClFN3O3. The lowest BCUT2D eigenvalue weighted by Gasteiger charge is -2.46. The highest BCUT2D eigenvalue weighted by Gasteiger charge is 2.37. The van der Waals surface area contributed by atoms with E-state index in [2.05, 4.69) is 0 Å². The maximum Gasteiger partial charge on any atom is 0.341 e. The number of aromatic nitrogens is 1. The second-order valence-corrected chi connectivity index (χ2v) is 8.07. The molecule has 2 heterocycles. The Bertz CT molecular complexity index is 981. The van der Waals surface area contributed by atoms with Gasteiger partial charge in [-0.2, -0.15) is 0 Å². The molecule has 2 atom stereocenters. The standard InChI is InChI=1S/C18H21ClFN3O3/c1-8-12(21)7-22(8)15-11(20)5-9-14(13(15)19)23(18(2,3)4)6-10(16(9)24)17(25)26/h5-6,8,12H,7,21H2,1-4H3,(H,25,26)/t8-,12+/m0/s1. The van der Waals surface area contributed by atoms with Gasteiger partial charge in [-0.25, -0.2) is 9.18 Å². The Kier molecular flexibility index (Phi) is 4.28. The van der Waals surface area contributed by atoms with Crippen LogP contribution < -0.4 is 16.1 Å². The van der Waals surface area contributed by atoms with Crippen LogP contribution in [-0.4, -0.2) is 34.3 Å². The van der Waals surface area contributed by atoms with Crippen LogP contribution in [0.25, 0.3) is 10.9 Å². The minimum absolute atomic E-state index is 0.0523. The van der Waals surface area contributed by atoms with Crippen molar-refractivity contribution in [3.8, 4) is 0 Å². The molecule has 2 aromatic rings. The Morgan fingerprint density at radius 3 is 2.50 bits per heavy atom. The van der Waals surface area contributed by atoms with Gasteiger partial charge in [0.1, 0.15) is 11.4 Å². The number of hydrogen-bond acceptors (Lipinski definition) is 4. The van der Waals surface area contributed by atoms with E-state index in [0.717, 1.165) is 6.07 Å². The van der Waals surface area contributed by atoms with E-state index in [4.69, 9.17) is 17.3 Å². The number of nitrogens with two attached hydrogens (primary N) is 1. The van der Waals surface area contributed by atoms with Crippen molar-refractivity contribution >= 4 is 34.2 Å². The fourth-order valence-corrected chi connectivity index (χ4v) is 3.67.